The number of aromatic nitrogens is 1. The number of methoxy groups -OCH3 is 2. The Bertz CT molecular complexity index is 765. The van der Waals surface area contributed by atoms with Crippen molar-refractivity contribution in [3.63, 3.8) is 0 Å². The van der Waals surface area contributed by atoms with Crippen LogP contribution in [0.25, 0.3) is 11.3 Å². The van der Waals surface area contributed by atoms with Crippen LogP contribution in [0.4, 0.5) is 8.78 Å². The number of amides is 1. The van der Waals surface area contributed by atoms with Gasteiger partial charge in [-0.1, -0.05) is 0 Å². The standard InChI is InChI=1S/C16H14F2N2O3/c1-22-11-5-12(23-2)16(18)14(15(11)17)10-3-8-4-13(21)20-7-9(8)6-19-10/h3,5-6H,4,7H2,1-2H3,(H,20,21). The van der Waals surface area contributed by atoms with E-state index >= 15 is 0 Å². The Labute approximate surface area is 131 Å². The summed E-state index contributed by atoms with van der Waals surface area (Å²) in [6.45, 7) is 0.355. The van der Waals surface area contributed by atoms with Gasteiger partial charge in [0.05, 0.1) is 31.9 Å². The highest BCUT2D eigenvalue weighted by atomic mass is 19.1. The van der Waals surface area contributed by atoms with Crippen LogP contribution in [-0.2, 0) is 17.8 Å². The molecule has 3 rings (SSSR count). The van der Waals surface area contributed by atoms with E-state index in [4.69, 9.17) is 9.47 Å². The highest BCUT2D eigenvalue weighted by Crippen LogP contribution is 2.37. The highest BCUT2D eigenvalue weighted by Gasteiger charge is 2.24. The fourth-order valence-corrected chi connectivity index (χ4v) is 2.53. The van der Waals surface area contributed by atoms with Crippen molar-refractivity contribution in [2.75, 3.05) is 14.2 Å². The summed E-state index contributed by atoms with van der Waals surface area (Å²) in [6.07, 6.45) is 1.66. The summed E-state index contributed by atoms with van der Waals surface area (Å²) in [4.78, 5) is 15.6. The zero-order chi connectivity index (χ0) is 16.6. The van der Waals surface area contributed by atoms with Crippen LogP contribution in [0, 0.1) is 11.6 Å². The van der Waals surface area contributed by atoms with Crippen LogP contribution in [0.5, 0.6) is 11.5 Å². The maximum atomic E-state index is 14.5. The van der Waals surface area contributed by atoms with E-state index < -0.39 is 11.6 Å². The van der Waals surface area contributed by atoms with E-state index in [0.717, 1.165) is 11.6 Å². The van der Waals surface area contributed by atoms with Crippen LogP contribution in [0.2, 0.25) is 0 Å². The number of hydrogen-bond donors (Lipinski definition) is 1. The first kappa shape index (κ1) is 15.2. The monoisotopic (exact) mass is 320 g/mol. The van der Waals surface area contributed by atoms with Gasteiger partial charge in [-0.2, -0.15) is 0 Å². The van der Waals surface area contributed by atoms with Gasteiger partial charge >= 0.3 is 0 Å². The Kier molecular flexibility index (Phi) is 3.85. The van der Waals surface area contributed by atoms with Gasteiger partial charge in [-0.25, -0.2) is 8.78 Å². The van der Waals surface area contributed by atoms with Gasteiger partial charge in [0.1, 0.15) is 0 Å². The molecule has 0 saturated carbocycles. The number of nitrogens with one attached hydrogen (secondary N) is 1. The van der Waals surface area contributed by atoms with Gasteiger partial charge < -0.3 is 14.8 Å². The van der Waals surface area contributed by atoms with E-state index in [1.54, 1.807) is 0 Å². The fourth-order valence-electron chi connectivity index (χ4n) is 2.53. The average Bonchev–Trinajstić information content (AvgIpc) is 2.55. The van der Waals surface area contributed by atoms with Crippen LogP contribution < -0.4 is 14.8 Å². The summed E-state index contributed by atoms with van der Waals surface area (Å²) < 4.78 is 38.9. The second kappa shape index (κ2) is 5.83. The molecule has 1 amide bonds. The van der Waals surface area contributed by atoms with Crippen molar-refractivity contribution in [2.45, 2.75) is 13.0 Å². The molecule has 23 heavy (non-hydrogen) atoms. The third-order valence-electron chi connectivity index (χ3n) is 3.74. The van der Waals surface area contributed by atoms with Crippen molar-refractivity contribution in [3.8, 4) is 22.8 Å². The number of ether oxygens (including phenoxy) is 2. The van der Waals surface area contributed by atoms with E-state index in [-0.39, 0.29) is 35.1 Å². The molecule has 5 nitrogen and oxygen atoms in total. The van der Waals surface area contributed by atoms with Crippen molar-refractivity contribution < 1.29 is 23.0 Å². The molecule has 1 N–H and O–H groups in total. The molecule has 0 atom stereocenters. The average molecular weight is 320 g/mol. The quantitative estimate of drug-likeness (QED) is 0.942. The molecule has 0 aliphatic carbocycles. The molecule has 0 bridgehead atoms. The van der Waals surface area contributed by atoms with Crippen molar-refractivity contribution in [1.82, 2.24) is 10.3 Å². The van der Waals surface area contributed by atoms with Gasteiger partial charge in [-0.05, 0) is 17.2 Å². The number of benzene rings is 1. The molecule has 1 aromatic carbocycles. The number of rotatable bonds is 3. The van der Waals surface area contributed by atoms with E-state index in [1.165, 1.54) is 26.5 Å². The lowest BCUT2D eigenvalue weighted by atomic mass is 9.99. The van der Waals surface area contributed by atoms with Crippen LogP contribution in [0.15, 0.2) is 18.3 Å². The topological polar surface area (TPSA) is 60.5 Å². The minimum atomic E-state index is -0.862. The van der Waals surface area contributed by atoms with E-state index in [9.17, 15) is 13.6 Å². The SMILES string of the molecule is COc1cc(OC)c(F)c(-c2cc3c(cn2)CNC(=O)C3)c1F. The molecule has 1 aliphatic rings. The number of fused-ring (bicyclic) bond motifs is 1. The molecule has 2 aromatic rings. The normalized spacial score (nSPS) is 13.3. The van der Waals surface area contributed by atoms with Gasteiger partial charge in [0.15, 0.2) is 23.1 Å². The largest absolute Gasteiger partial charge is 0.494 e. The zero-order valence-electron chi connectivity index (χ0n) is 12.6. The molecule has 0 unspecified atom stereocenters. The lowest BCUT2D eigenvalue weighted by Gasteiger charge is -2.18. The summed E-state index contributed by atoms with van der Waals surface area (Å²) >= 11 is 0. The van der Waals surface area contributed by atoms with Crippen molar-refractivity contribution in [2.24, 2.45) is 0 Å². The molecular weight excluding hydrogens is 306 g/mol. The molecule has 1 aromatic heterocycles. The Morgan fingerprint density at radius 3 is 2.35 bits per heavy atom. The van der Waals surface area contributed by atoms with Crippen LogP contribution >= 0.6 is 0 Å². The lowest BCUT2D eigenvalue weighted by Crippen LogP contribution is -2.30. The van der Waals surface area contributed by atoms with Gasteiger partial charge in [0.2, 0.25) is 5.91 Å². The van der Waals surface area contributed by atoms with Crippen LogP contribution in [0.3, 0.4) is 0 Å². The molecule has 1 aliphatic heterocycles. The first-order valence-corrected chi connectivity index (χ1v) is 6.90. The summed E-state index contributed by atoms with van der Waals surface area (Å²) in [6, 6.07) is 2.66. The molecule has 0 fully saturated rings. The third-order valence-corrected chi connectivity index (χ3v) is 3.74. The molecule has 120 valence electrons. The van der Waals surface area contributed by atoms with E-state index in [2.05, 4.69) is 10.3 Å². The van der Waals surface area contributed by atoms with E-state index in [0.29, 0.717) is 12.1 Å². The van der Waals surface area contributed by atoms with Crippen molar-refractivity contribution >= 4 is 5.91 Å². The molecule has 0 spiro atoms. The molecule has 0 saturated heterocycles. The van der Waals surface area contributed by atoms with Crippen LogP contribution in [0.1, 0.15) is 11.1 Å². The predicted molar refractivity (Wildman–Crippen MR) is 78.2 cm³/mol. The summed E-state index contributed by atoms with van der Waals surface area (Å²) in [7, 11) is 2.56. The van der Waals surface area contributed by atoms with Crippen molar-refractivity contribution in [1.29, 1.82) is 0 Å². The molecule has 7 heteroatoms. The van der Waals surface area contributed by atoms with Crippen molar-refractivity contribution in [3.05, 3.63) is 41.1 Å². The number of carbonyl (C=O) groups is 1. The number of hydrogen-bond acceptors (Lipinski definition) is 4. The Hall–Kier alpha value is -2.70. The maximum absolute atomic E-state index is 14.5. The molecular formula is C16H14F2N2O3. The minimum Gasteiger partial charge on any atom is -0.494 e. The summed E-state index contributed by atoms with van der Waals surface area (Å²) in [5, 5.41) is 2.69. The predicted octanol–water partition coefficient (Wildman–Crippen LogP) is 2.22. The fraction of sp³-hybridized carbons (Fsp3) is 0.250. The smallest absolute Gasteiger partial charge is 0.224 e. The Morgan fingerprint density at radius 1 is 1.09 bits per heavy atom. The first-order chi connectivity index (χ1) is 11.0. The van der Waals surface area contributed by atoms with Gasteiger partial charge in [0, 0.05) is 18.8 Å². The number of nitrogens with zero attached hydrogens (tertiary/aromatic N) is 1. The minimum absolute atomic E-state index is 0.0886. The van der Waals surface area contributed by atoms with E-state index in [1.807, 2.05) is 0 Å². The molecule has 0 radical (unpaired) electrons. The second-order valence-electron chi connectivity index (χ2n) is 5.08. The zero-order valence-corrected chi connectivity index (χ0v) is 12.6. The summed E-state index contributed by atoms with van der Waals surface area (Å²) in [5.74, 6) is -2.15. The highest BCUT2D eigenvalue weighted by molar-refractivity contribution is 5.81. The third kappa shape index (κ3) is 2.58. The maximum Gasteiger partial charge on any atom is 0.224 e. The van der Waals surface area contributed by atoms with Gasteiger partial charge in [-0.3, -0.25) is 9.78 Å². The number of halogens is 2. The lowest BCUT2D eigenvalue weighted by molar-refractivity contribution is -0.121. The molecule has 2 heterocycles. The van der Waals surface area contributed by atoms with Gasteiger partial charge in [0.25, 0.3) is 0 Å². The number of carbonyl (C=O) groups excluding carboxylic acids is 1. The first-order valence-electron chi connectivity index (χ1n) is 6.90. The van der Waals surface area contributed by atoms with Crippen LogP contribution in [-0.4, -0.2) is 25.1 Å². The Balaban J connectivity index is 2.18. The Morgan fingerprint density at radius 2 is 1.74 bits per heavy atom. The van der Waals surface area contributed by atoms with Gasteiger partial charge in [-0.15, -0.1) is 0 Å². The summed E-state index contributed by atoms with van der Waals surface area (Å²) in [5.41, 5.74) is 1.27. The number of pyridine rings is 1. The second-order valence-corrected chi connectivity index (χ2v) is 5.08.